The van der Waals surface area contributed by atoms with Gasteiger partial charge in [0.05, 0.1) is 0 Å². The normalized spacial score (nSPS) is 11.8. The number of hydrogen-bond donors (Lipinski definition) is 2. The number of carbonyl (C=O) groups is 1. The second-order valence-electron chi connectivity index (χ2n) is 6.01. The smallest absolute Gasteiger partial charge is 0.220 e. The molecule has 1 unspecified atom stereocenters. The molecule has 0 fully saturated rings. The first-order valence-electron chi connectivity index (χ1n) is 8.23. The lowest BCUT2D eigenvalue weighted by Crippen LogP contribution is -2.35. The summed E-state index contributed by atoms with van der Waals surface area (Å²) in [6.07, 6.45) is 0.387. The maximum absolute atomic E-state index is 11.9. The van der Waals surface area contributed by atoms with Gasteiger partial charge in [0.2, 0.25) is 5.91 Å². The predicted molar refractivity (Wildman–Crippen MR) is 95.2 cm³/mol. The number of aryl methyl sites for hydroxylation is 3. The van der Waals surface area contributed by atoms with Crippen LogP contribution in [0.5, 0.6) is 5.75 Å². The van der Waals surface area contributed by atoms with Crippen molar-refractivity contribution >= 4 is 5.91 Å². The number of benzene rings is 2. The zero-order chi connectivity index (χ0) is 17.4. The van der Waals surface area contributed by atoms with E-state index in [0.717, 1.165) is 11.3 Å². The highest BCUT2D eigenvalue weighted by molar-refractivity contribution is 5.76. The third-order valence-corrected chi connectivity index (χ3v) is 3.85. The van der Waals surface area contributed by atoms with E-state index >= 15 is 0 Å². The highest BCUT2D eigenvalue weighted by Gasteiger charge is 2.09. The summed E-state index contributed by atoms with van der Waals surface area (Å²) in [6, 6.07) is 15.7. The van der Waals surface area contributed by atoms with Crippen molar-refractivity contribution in [2.24, 2.45) is 0 Å². The molecular weight excluding hydrogens is 302 g/mol. The van der Waals surface area contributed by atoms with Gasteiger partial charge in [-0.3, -0.25) is 4.79 Å². The molecule has 0 spiro atoms. The van der Waals surface area contributed by atoms with E-state index in [1.807, 2.05) is 62.4 Å². The van der Waals surface area contributed by atoms with Gasteiger partial charge in [0.25, 0.3) is 0 Å². The van der Waals surface area contributed by atoms with Crippen LogP contribution in [0.25, 0.3) is 0 Å². The molecule has 0 radical (unpaired) electrons. The van der Waals surface area contributed by atoms with Crippen molar-refractivity contribution in [2.75, 3.05) is 13.2 Å². The number of aliphatic hydroxyl groups excluding tert-OH is 1. The van der Waals surface area contributed by atoms with Crippen LogP contribution in [0.15, 0.2) is 48.5 Å². The molecule has 24 heavy (non-hydrogen) atoms. The molecule has 4 nitrogen and oxygen atoms in total. The Kier molecular flexibility index (Phi) is 6.82. The maximum atomic E-state index is 11.9. The van der Waals surface area contributed by atoms with Gasteiger partial charge < -0.3 is 15.2 Å². The summed E-state index contributed by atoms with van der Waals surface area (Å²) in [5.74, 6) is 0.660. The topological polar surface area (TPSA) is 58.6 Å². The molecule has 1 atom stereocenters. The lowest BCUT2D eigenvalue weighted by molar-refractivity contribution is -0.121. The van der Waals surface area contributed by atoms with Crippen molar-refractivity contribution in [3.63, 3.8) is 0 Å². The second kappa shape index (κ2) is 9.08. The van der Waals surface area contributed by atoms with E-state index in [-0.39, 0.29) is 19.1 Å². The molecule has 0 aromatic heterocycles. The van der Waals surface area contributed by atoms with Gasteiger partial charge in [0, 0.05) is 13.0 Å². The summed E-state index contributed by atoms with van der Waals surface area (Å²) in [4.78, 5) is 11.9. The van der Waals surface area contributed by atoms with E-state index in [0.29, 0.717) is 12.8 Å². The number of hydrogen-bond acceptors (Lipinski definition) is 3. The first-order chi connectivity index (χ1) is 11.5. The average Bonchev–Trinajstić information content (AvgIpc) is 2.57. The van der Waals surface area contributed by atoms with Crippen LogP contribution in [0.4, 0.5) is 0 Å². The quantitative estimate of drug-likeness (QED) is 0.784. The fraction of sp³-hybridized carbons (Fsp3) is 0.350. The van der Waals surface area contributed by atoms with Crippen LogP contribution in [-0.2, 0) is 11.2 Å². The van der Waals surface area contributed by atoms with Crippen molar-refractivity contribution in [3.8, 4) is 5.75 Å². The molecule has 0 saturated heterocycles. The molecule has 2 aromatic rings. The monoisotopic (exact) mass is 327 g/mol. The van der Waals surface area contributed by atoms with E-state index < -0.39 is 6.10 Å². The number of nitrogens with one attached hydrogen (secondary N) is 1. The van der Waals surface area contributed by atoms with Gasteiger partial charge >= 0.3 is 0 Å². The van der Waals surface area contributed by atoms with Crippen molar-refractivity contribution in [1.29, 1.82) is 0 Å². The number of carbonyl (C=O) groups excluding carboxylic acids is 1. The van der Waals surface area contributed by atoms with Crippen LogP contribution in [0, 0.1) is 13.8 Å². The molecule has 0 heterocycles. The molecule has 4 heteroatoms. The Hall–Kier alpha value is -2.33. The minimum absolute atomic E-state index is 0.0622. The van der Waals surface area contributed by atoms with E-state index in [4.69, 9.17) is 4.74 Å². The van der Waals surface area contributed by atoms with Gasteiger partial charge in [-0.25, -0.2) is 0 Å². The number of ether oxygens (including phenoxy) is 1. The number of aliphatic hydroxyl groups is 1. The van der Waals surface area contributed by atoms with Crippen molar-refractivity contribution < 1.29 is 14.6 Å². The molecule has 2 N–H and O–H groups in total. The summed E-state index contributed by atoms with van der Waals surface area (Å²) in [5, 5.41) is 12.7. The van der Waals surface area contributed by atoms with Crippen LogP contribution < -0.4 is 10.1 Å². The third-order valence-electron chi connectivity index (χ3n) is 3.85. The van der Waals surface area contributed by atoms with Gasteiger partial charge in [-0.05, 0) is 49.1 Å². The largest absolute Gasteiger partial charge is 0.491 e. The molecule has 0 saturated carbocycles. The van der Waals surface area contributed by atoms with E-state index in [9.17, 15) is 9.90 Å². The van der Waals surface area contributed by atoms with Crippen molar-refractivity contribution in [1.82, 2.24) is 5.32 Å². The molecule has 2 rings (SSSR count). The Morgan fingerprint density at radius 1 is 1.17 bits per heavy atom. The van der Waals surface area contributed by atoms with Gasteiger partial charge in [-0.1, -0.05) is 36.4 Å². The molecule has 0 aliphatic carbocycles. The Balaban J connectivity index is 1.66. The van der Waals surface area contributed by atoms with Crippen LogP contribution in [0.1, 0.15) is 23.1 Å². The molecule has 128 valence electrons. The fourth-order valence-electron chi connectivity index (χ4n) is 2.42. The zero-order valence-corrected chi connectivity index (χ0v) is 14.3. The molecule has 0 aliphatic rings. The van der Waals surface area contributed by atoms with Crippen LogP contribution >= 0.6 is 0 Å². The Bertz CT molecular complexity index is 669. The lowest BCUT2D eigenvalue weighted by atomic mass is 10.0. The van der Waals surface area contributed by atoms with E-state index in [1.165, 1.54) is 11.1 Å². The third kappa shape index (κ3) is 6.05. The van der Waals surface area contributed by atoms with E-state index in [1.54, 1.807) is 0 Å². The lowest BCUT2D eigenvalue weighted by Gasteiger charge is -2.14. The molecule has 0 aliphatic heterocycles. The second-order valence-corrected chi connectivity index (χ2v) is 6.01. The summed E-state index contributed by atoms with van der Waals surface area (Å²) in [6.45, 7) is 4.37. The first kappa shape index (κ1) is 18.0. The fourth-order valence-corrected chi connectivity index (χ4v) is 2.42. The van der Waals surface area contributed by atoms with Gasteiger partial charge in [-0.2, -0.15) is 0 Å². The minimum Gasteiger partial charge on any atom is -0.491 e. The van der Waals surface area contributed by atoms with Crippen LogP contribution in [0.2, 0.25) is 0 Å². The average molecular weight is 327 g/mol. The Labute approximate surface area is 143 Å². The molecular formula is C20H25NO3. The van der Waals surface area contributed by atoms with Crippen molar-refractivity contribution in [2.45, 2.75) is 32.8 Å². The Morgan fingerprint density at radius 2 is 1.96 bits per heavy atom. The maximum Gasteiger partial charge on any atom is 0.220 e. The predicted octanol–water partition coefficient (Wildman–Crippen LogP) is 2.79. The summed E-state index contributed by atoms with van der Waals surface area (Å²) < 4.78 is 5.52. The molecule has 0 bridgehead atoms. The Morgan fingerprint density at radius 3 is 2.71 bits per heavy atom. The van der Waals surface area contributed by atoms with Gasteiger partial charge in [0.1, 0.15) is 18.5 Å². The number of rotatable bonds is 8. The zero-order valence-electron chi connectivity index (χ0n) is 14.3. The summed E-state index contributed by atoms with van der Waals surface area (Å²) in [7, 11) is 0. The van der Waals surface area contributed by atoms with Gasteiger partial charge in [-0.15, -0.1) is 0 Å². The summed E-state index contributed by atoms with van der Waals surface area (Å²) >= 11 is 0. The van der Waals surface area contributed by atoms with Crippen LogP contribution in [0.3, 0.4) is 0 Å². The highest BCUT2D eigenvalue weighted by Crippen LogP contribution is 2.12. The first-order valence-corrected chi connectivity index (χ1v) is 8.23. The number of amides is 1. The molecule has 1 amide bonds. The minimum atomic E-state index is -0.729. The van der Waals surface area contributed by atoms with E-state index in [2.05, 4.69) is 5.32 Å². The van der Waals surface area contributed by atoms with Crippen LogP contribution in [-0.4, -0.2) is 30.3 Å². The summed E-state index contributed by atoms with van der Waals surface area (Å²) in [5.41, 5.74) is 3.47. The molecule has 2 aromatic carbocycles. The standard InChI is InChI=1S/C20H25NO3/c1-15-6-5-9-19(12-15)24-14-18(22)13-21-20(23)11-10-17-8-4-3-7-16(17)2/h3-9,12,18,22H,10-11,13-14H2,1-2H3,(H,21,23). The highest BCUT2D eigenvalue weighted by atomic mass is 16.5. The van der Waals surface area contributed by atoms with Crippen molar-refractivity contribution in [3.05, 3.63) is 65.2 Å². The SMILES string of the molecule is Cc1cccc(OCC(O)CNC(=O)CCc2ccccc2C)c1. The van der Waals surface area contributed by atoms with Gasteiger partial charge in [0.15, 0.2) is 0 Å².